The molecule has 2 aromatic carbocycles. The van der Waals surface area contributed by atoms with Crippen molar-refractivity contribution in [3.8, 4) is 11.5 Å². The van der Waals surface area contributed by atoms with Crippen LogP contribution in [-0.4, -0.2) is 36.0 Å². The Morgan fingerprint density at radius 1 is 1.11 bits per heavy atom. The molecule has 38 heavy (non-hydrogen) atoms. The number of carbonyl (C=O) groups is 2. The van der Waals surface area contributed by atoms with E-state index >= 15 is 0 Å². The first-order chi connectivity index (χ1) is 18.0. The van der Waals surface area contributed by atoms with E-state index in [9.17, 15) is 27.2 Å². The van der Waals surface area contributed by atoms with Gasteiger partial charge in [-0.2, -0.15) is 8.78 Å². The van der Waals surface area contributed by atoms with Crippen molar-refractivity contribution < 1.29 is 41.4 Å². The fourth-order valence-corrected chi connectivity index (χ4v) is 4.18. The van der Waals surface area contributed by atoms with Crippen LogP contribution in [0.4, 0.5) is 17.6 Å². The molecule has 2 aliphatic rings. The molecule has 4 rings (SSSR count). The van der Waals surface area contributed by atoms with Crippen LogP contribution in [0.5, 0.6) is 11.5 Å². The highest BCUT2D eigenvalue weighted by atomic mass is 19.3. The molecule has 1 aliphatic heterocycles. The standard InChI is InChI=1S/C25H26F4N4O5/c1-11(30)21-20(23(32)35)33(19(22(31)34)15-6-5-14(26)9-16(15)27)24(38-21)13-4-7-17(37-25(28)29)18(8-13)36-10-12-2-3-12/h4-9,11-12,19,24-25H,2-3,10,30H2,1H3,(H2,31,34)(H2,32,35)/t11-,19?,24?/m0/s1. The van der Waals surface area contributed by atoms with Gasteiger partial charge in [-0.15, -0.1) is 0 Å². The lowest BCUT2D eigenvalue weighted by Gasteiger charge is -2.33. The minimum atomic E-state index is -3.13. The molecule has 204 valence electrons. The second kappa shape index (κ2) is 10.8. The smallest absolute Gasteiger partial charge is 0.387 e. The first kappa shape index (κ1) is 27.0. The molecule has 0 bridgehead atoms. The quantitative estimate of drug-likeness (QED) is 0.373. The van der Waals surface area contributed by atoms with E-state index in [0.717, 1.165) is 29.9 Å². The van der Waals surface area contributed by atoms with Crippen LogP contribution in [0.3, 0.4) is 0 Å². The van der Waals surface area contributed by atoms with Gasteiger partial charge in [0, 0.05) is 17.2 Å². The number of nitrogens with two attached hydrogens (primary N) is 3. The molecule has 1 heterocycles. The number of primary amides is 2. The lowest BCUT2D eigenvalue weighted by atomic mass is 10.0. The number of ether oxygens (including phenoxy) is 3. The second-order valence-electron chi connectivity index (χ2n) is 9.05. The van der Waals surface area contributed by atoms with Gasteiger partial charge in [0.2, 0.25) is 5.91 Å². The first-order valence-corrected chi connectivity index (χ1v) is 11.7. The Morgan fingerprint density at radius 2 is 1.82 bits per heavy atom. The van der Waals surface area contributed by atoms with Crippen LogP contribution >= 0.6 is 0 Å². The third-order valence-corrected chi connectivity index (χ3v) is 6.07. The van der Waals surface area contributed by atoms with Crippen LogP contribution in [0, 0.1) is 17.6 Å². The van der Waals surface area contributed by atoms with Gasteiger partial charge in [0.05, 0.1) is 12.6 Å². The Balaban J connectivity index is 1.85. The van der Waals surface area contributed by atoms with Gasteiger partial charge in [0.1, 0.15) is 29.1 Å². The van der Waals surface area contributed by atoms with Crippen LogP contribution in [0.25, 0.3) is 0 Å². The molecular formula is C25H26F4N4O5. The number of hydrogen-bond acceptors (Lipinski definition) is 7. The summed E-state index contributed by atoms with van der Waals surface area (Å²) in [6, 6.07) is 3.73. The van der Waals surface area contributed by atoms with Crippen molar-refractivity contribution in [3.05, 3.63) is 70.6 Å². The number of carbonyl (C=O) groups excluding carboxylic acids is 2. The van der Waals surface area contributed by atoms with Gasteiger partial charge in [0.15, 0.2) is 17.7 Å². The van der Waals surface area contributed by atoms with E-state index in [1.807, 2.05) is 0 Å². The van der Waals surface area contributed by atoms with Crippen LogP contribution in [0.1, 0.15) is 43.2 Å². The molecule has 0 aromatic heterocycles. The summed E-state index contributed by atoms with van der Waals surface area (Å²) >= 11 is 0. The zero-order chi connectivity index (χ0) is 27.7. The maximum Gasteiger partial charge on any atom is 0.387 e. The van der Waals surface area contributed by atoms with Crippen molar-refractivity contribution in [1.82, 2.24) is 4.90 Å². The normalized spacial score (nSPS) is 18.8. The SMILES string of the molecule is C[C@H](N)C1=C(C(N)=O)N(C(C(N)=O)c2ccc(F)cc2F)C(c2ccc(OC(F)F)c(OCC3CC3)c2)O1. The predicted octanol–water partition coefficient (Wildman–Crippen LogP) is 2.96. The summed E-state index contributed by atoms with van der Waals surface area (Å²) in [5, 5.41) is 0. The zero-order valence-corrected chi connectivity index (χ0v) is 20.2. The van der Waals surface area contributed by atoms with Gasteiger partial charge >= 0.3 is 6.61 Å². The molecule has 2 aromatic rings. The highest BCUT2D eigenvalue weighted by Gasteiger charge is 2.46. The Bertz CT molecular complexity index is 1270. The van der Waals surface area contributed by atoms with E-state index in [-0.39, 0.29) is 46.6 Å². The van der Waals surface area contributed by atoms with Crippen molar-refractivity contribution >= 4 is 11.8 Å². The Hall–Kier alpha value is -4.00. The van der Waals surface area contributed by atoms with Gasteiger partial charge in [0.25, 0.3) is 5.91 Å². The molecular weight excluding hydrogens is 512 g/mol. The van der Waals surface area contributed by atoms with E-state index < -0.39 is 48.4 Å². The van der Waals surface area contributed by atoms with Gasteiger partial charge in [-0.3, -0.25) is 9.59 Å². The summed E-state index contributed by atoms with van der Waals surface area (Å²) in [6.45, 7) is -1.39. The number of alkyl halides is 2. The van der Waals surface area contributed by atoms with Gasteiger partial charge in [-0.05, 0) is 49.9 Å². The third-order valence-electron chi connectivity index (χ3n) is 6.07. The summed E-state index contributed by atoms with van der Waals surface area (Å²) in [6.07, 6.45) is 0.499. The summed E-state index contributed by atoms with van der Waals surface area (Å²) in [7, 11) is 0. The predicted molar refractivity (Wildman–Crippen MR) is 125 cm³/mol. The summed E-state index contributed by atoms with van der Waals surface area (Å²) in [5.74, 6) is -4.34. The van der Waals surface area contributed by atoms with Crippen molar-refractivity contribution in [2.75, 3.05) is 6.61 Å². The average Bonchev–Trinajstić information content (AvgIpc) is 3.57. The fourth-order valence-electron chi connectivity index (χ4n) is 4.18. The Labute approximate surface area is 215 Å². The van der Waals surface area contributed by atoms with E-state index in [0.29, 0.717) is 6.07 Å². The summed E-state index contributed by atoms with van der Waals surface area (Å²) in [4.78, 5) is 26.3. The molecule has 2 amide bonds. The highest BCUT2D eigenvalue weighted by molar-refractivity contribution is 5.94. The average molecular weight is 538 g/mol. The Kier molecular flexibility index (Phi) is 7.67. The van der Waals surface area contributed by atoms with E-state index in [4.69, 9.17) is 26.7 Å². The second-order valence-corrected chi connectivity index (χ2v) is 9.05. The summed E-state index contributed by atoms with van der Waals surface area (Å²) < 4.78 is 70.8. The monoisotopic (exact) mass is 538 g/mol. The molecule has 6 N–H and O–H groups in total. The molecule has 1 aliphatic carbocycles. The number of benzene rings is 2. The molecule has 0 saturated heterocycles. The lowest BCUT2D eigenvalue weighted by molar-refractivity contribution is -0.127. The van der Waals surface area contributed by atoms with Crippen LogP contribution < -0.4 is 26.7 Å². The molecule has 13 heteroatoms. The van der Waals surface area contributed by atoms with Gasteiger partial charge in [-0.25, -0.2) is 8.78 Å². The van der Waals surface area contributed by atoms with E-state index in [1.165, 1.54) is 25.1 Å². The van der Waals surface area contributed by atoms with Crippen LogP contribution in [0.15, 0.2) is 47.9 Å². The molecule has 9 nitrogen and oxygen atoms in total. The molecule has 1 saturated carbocycles. The molecule has 0 radical (unpaired) electrons. The fraction of sp³-hybridized carbons (Fsp3) is 0.360. The number of hydrogen-bond donors (Lipinski definition) is 3. The molecule has 1 fully saturated rings. The Morgan fingerprint density at radius 3 is 2.37 bits per heavy atom. The number of rotatable bonds is 11. The van der Waals surface area contributed by atoms with Crippen molar-refractivity contribution in [1.29, 1.82) is 0 Å². The topological polar surface area (TPSA) is 143 Å². The minimum absolute atomic E-state index is 0.0447. The minimum Gasteiger partial charge on any atom is -0.489 e. The van der Waals surface area contributed by atoms with E-state index in [1.54, 1.807) is 0 Å². The first-order valence-electron chi connectivity index (χ1n) is 11.7. The summed E-state index contributed by atoms with van der Waals surface area (Å²) in [5.41, 5.74) is 16.8. The highest BCUT2D eigenvalue weighted by Crippen LogP contribution is 2.46. The largest absolute Gasteiger partial charge is 0.489 e. The molecule has 0 spiro atoms. The maximum atomic E-state index is 14.9. The van der Waals surface area contributed by atoms with E-state index in [2.05, 4.69) is 4.74 Å². The molecule has 2 unspecified atom stereocenters. The van der Waals surface area contributed by atoms with Gasteiger partial charge in [-0.1, -0.05) is 6.07 Å². The number of nitrogens with zero attached hydrogens (tertiary/aromatic N) is 1. The zero-order valence-electron chi connectivity index (χ0n) is 20.2. The van der Waals surface area contributed by atoms with Crippen molar-refractivity contribution in [3.63, 3.8) is 0 Å². The molecule has 3 atom stereocenters. The number of halogens is 4. The van der Waals surface area contributed by atoms with Gasteiger partial charge < -0.3 is 36.3 Å². The third kappa shape index (κ3) is 5.62. The van der Waals surface area contributed by atoms with Crippen LogP contribution in [-0.2, 0) is 14.3 Å². The van der Waals surface area contributed by atoms with Crippen LogP contribution in [0.2, 0.25) is 0 Å². The lowest BCUT2D eigenvalue weighted by Crippen LogP contribution is -2.41. The maximum absolute atomic E-state index is 14.9. The number of amides is 2. The van der Waals surface area contributed by atoms with Crippen molar-refractivity contribution in [2.24, 2.45) is 23.1 Å². The van der Waals surface area contributed by atoms with Crippen molar-refractivity contribution in [2.45, 2.75) is 44.7 Å².